The van der Waals surface area contributed by atoms with E-state index < -0.39 is 0 Å². The summed E-state index contributed by atoms with van der Waals surface area (Å²) < 4.78 is 0. The van der Waals surface area contributed by atoms with E-state index >= 15 is 0 Å². The zero-order chi connectivity index (χ0) is 16.4. The first kappa shape index (κ1) is 14.8. The zero-order valence-electron chi connectivity index (χ0n) is 13.0. The van der Waals surface area contributed by atoms with E-state index in [9.17, 15) is 5.11 Å². The summed E-state index contributed by atoms with van der Waals surface area (Å²) in [6, 6.07) is 13.0. The minimum Gasteiger partial charge on any atom is -0.506 e. The average Bonchev–Trinajstić information content (AvgIpc) is 2.49. The van der Waals surface area contributed by atoms with Crippen molar-refractivity contribution in [1.29, 1.82) is 0 Å². The van der Waals surface area contributed by atoms with Crippen molar-refractivity contribution in [1.82, 2.24) is 9.97 Å². The number of aryl methyl sites for hydroxylation is 2. The average molecular weight is 306 g/mol. The first-order chi connectivity index (χ1) is 11.0. The number of nitrogens with zero attached hydrogens (tertiary/aromatic N) is 2. The third-order valence-corrected chi connectivity index (χ3v) is 3.46. The highest BCUT2D eigenvalue weighted by Crippen LogP contribution is 2.27. The lowest BCUT2D eigenvalue weighted by molar-refractivity contribution is 0.478. The second kappa shape index (κ2) is 5.96. The third-order valence-electron chi connectivity index (χ3n) is 3.46. The van der Waals surface area contributed by atoms with Gasteiger partial charge >= 0.3 is 0 Å². The molecule has 0 atom stereocenters. The van der Waals surface area contributed by atoms with Crippen LogP contribution in [-0.4, -0.2) is 15.1 Å². The molecule has 0 saturated carbocycles. The van der Waals surface area contributed by atoms with E-state index in [4.69, 9.17) is 5.73 Å². The van der Waals surface area contributed by atoms with Gasteiger partial charge in [0.15, 0.2) is 0 Å². The maximum absolute atomic E-state index is 9.52. The van der Waals surface area contributed by atoms with Crippen molar-refractivity contribution in [3.63, 3.8) is 0 Å². The Morgan fingerprint density at radius 3 is 2.43 bits per heavy atom. The van der Waals surface area contributed by atoms with E-state index in [2.05, 4.69) is 35.2 Å². The fraction of sp³-hybridized carbons (Fsp3) is 0.111. The summed E-state index contributed by atoms with van der Waals surface area (Å²) in [6.07, 6.45) is 1.69. The molecule has 0 saturated heterocycles. The van der Waals surface area contributed by atoms with Crippen molar-refractivity contribution >= 4 is 17.3 Å². The molecule has 4 N–H and O–H groups in total. The molecule has 0 radical (unpaired) electrons. The van der Waals surface area contributed by atoms with E-state index in [1.807, 2.05) is 12.1 Å². The van der Waals surface area contributed by atoms with E-state index in [1.165, 1.54) is 11.1 Å². The fourth-order valence-electron chi connectivity index (χ4n) is 2.47. The molecular formula is C18H18N4O. The van der Waals surface area contributed by atoms with Crippen molar-refractivity contribution in [3.8, 4) is 17.0 Å². The summed E-state index contributed by atoms with van der Waals surface area (Å²) in [6.45, 7) is 4.10. The van der Waals surface area contributed by atoms with Crippen LogP contribution in [0, 0.1) is 13.8 Å². The molecule has 0 unspecified atom stereocenters. The SMILES string of the molecule is Cc1cc(C)cc(Nc2nccc(-c3ccc(O)c(N)c3)n2)c1. The Morgan fingerprint density at radius 2 is 1.74 bits per heavy atom. The van der Waals surface area contributed by atoms with Gasteiger partial charge in [-0.05, 0) is 61.4 Å². The normalized spacial score (nSPS) is 10.5. The summed E-state index contributed by atoms with van der Waals surface area (Å²) in [5.41, 5.74) is 10.9. The van der Waals surface area contributed by atoms with Crippen LogP contribution in [0.5, 0.6) is 5.75 Å². The lowest BCUT2D eigenvalue weighted by Gasteiger charge is -2.09. The van der Waals surface area contributed by atoms with Crippen LogP contribution in [0.2, 0.25) is 0 Å². The second-order valence-electron chi connectivity index (χ2n) is 5.54. The minimum atomic E-state index is 0.0661. The van der Waals surface area contributed by atoms with Gasteiger partial charge in [-0.25, -0.2) is 9.97 Å². The molecule has 0 bridgehead atoms. The van der Waals surface area contributed by atoms with Crippen LogP contribution in [0.25, 0.3) is 11.3 Å². The van der Waals surface area contributed by atoms with Gasteiger partial charge in [0.1, 0.15) is 5.75 Å². The molecule has 1 heterocycles. The lowest BCUT2D eigenvalue weighted by Crippen LogP contribution is -1.99. The summed E-state index contributed by atoms with van der Waals surface area (Å²) in [5, 5.41) is 12.7. The number of hydrogen-bond donors (Lipinski definition) is 3. The van der Waals surface area contributed by atoms with Crippen LogP contribution < -0.4 is 11.1 Å². The molecule has 116 valence electrons. The molecule has 0 aliphatic rings. The highest BCUT2D eigenvalue weighted by Gasteiger charge is 2.06. The van der Waals surface area contributed by atoms with E-state index in [-0.39, 0.29) is 5.75 Å². The van der Waals surface area contributed by atoms with Crippen molar-refractivity contribution in [3.05, 3.63) is 59.8 Å². The number of benzene rings is 2. The summed E-state index contributed by atoms with van der Waals surface area (Å²) >= 11 is 0. The van der Waals surface area contributed by atoms with Gasteiger partial charge in [-0.3, -0.25) is 0 Å². The Labute approximate surface area is 134 Å². The number of rotatable bonds is 3. The van der Waals surface area contributed by atoms with Crippen molar-refractivity contribution in [2.45, 2.75) is 13.8 Å². The topological polar surface area (TPSA) is 84.1 Å². The van der Waals surface area contributed by atoms with Gasteiger partial charge in [0.05, 0.1) is 11.4 Å². The van der Waals surface area contributed by atoms with E-state index in [1.54, 1.807) is 30.5 Å². The number of nitrogens with one attached hydrogen (secondary N) is 1. The van der Waals surface area contributed by atoms with Crippen LogP contribution in [0.15, 0.2) is 48.7 Å². The van der Waals surface area contributed by atoms with E-state index in [0.717, 1.165) is 16.9 Å². The predicted octanol–water partition coefficient (Wildman–Crippen LogP) is 3.79. The number of phenols is 1. The standard InChI is InChI=1S/C18H18N4O/c1-11-7-12(2)9-14(8-11)21-18-20-6-5-16(22-18)13-3-4-17(23)15(19)10-13/h3-10,23H,19H2,1-2H3,(H,20,21,22). The smallest absolute Gasteiger partial charge is 0.227 e. The van der Waals surface area contributed by atoms with Gasteiger partial charge in [-0.2, -0.15) is 0 Å². The zero-order valence-corrected chi connectivity index (χ0v) is 13.0. The van der Waals surface area contributed by atoms with Gasteiger partial charge in [0.2, 0.25) is 5.95 Å². The lowest BCUT2D eigenvalue weighted by atomic mass is 10.1. The Hall–Kier alpha value is -3.08. The number of phenolic OH excluding ortho intramolecular Hbond substituents is 1. The molecular weight excluding hydrogens is 288 g/mol. The largest absolute Gasteiger partial charge is 0.506 e. The summed E-state index contributed by atoms with van der Waals surface area (Å²) in [5.74, 6) is 0.579. The van der Waals surface area contributed by atoms with Crippen LogP contribution in [-0.2, 0) is 0 Å². The third kappa shape index (κ3) is 3.40. The van der Waals surface area contributed by atoms with Gasteiger partial charge in [0.25, 0.3) is 0 Å². The number of hydrogen-bond acceptors (Lipinski definition) is 5. The number of nitrogen functional groups attached to an aromatic ring is 1. The van der Waals surface area contributed by atoms with Crippen molar-refractivity contribution in [2.75, 3.05) is 11.1 Å². The maximum Gasteiger partial charge on any atom is 0.227 e. The van der Waals surface area contributed by atoms with Crippen molar-refractivity contribution in [2.24, 2.45) is 0 Å². The molecule has 0 spiro atoms. The predicted molar refractivity (Wildman–Crippen MR) is 92.7 cm³/mol. The highest BCUT2D eigenvalue weighted by molar-refractivity contribution is 5.69. The first-order valence-corrected chi connectivity index (χ1v) is 7.28. The maximum atomic E-state index is 9.52. The van der Waals surface area contributed by atoms with E-state index in [0.29, 0.717) is 11.6 Å². The van der Waals surface area contributed by atoms with Gasteiger partial charge in [-0.15, -0.1) is 0 Å². The number of aromatic hydroxyl groups is 1. The monoisotopic (exact) mass is 306 g/mol. The molecule has 5 heteroatoms. The summed E-state index contributed by atoms with van der Waals surface area (Å²) in [7, 11) is 0. The highest BCUT2D eigenvalue weighted by atomic mass is 16.3. The van der Waals surface area contributed by atoms with Crippen LogP contribution in [0.3, 0.4) is 0 Å². The molecule has 3 aromatic rings. The molecule has 5 nitrogen and oxygen atoms in total. The molecule has 0 aliphatic carbocycles. The molecule has 1 aromatic heterocycles. The Morgan fingerprint density at radius 1 is 1.00 bits per heavy atom. The molecule has 0 amide bonds. The van der Waals surface area contributed by atoms with Gasteiger partial charge in [0, 0.05) is 17.4 Å². The Kier molecular flexibility index (Phi) is 3.85. The molecule has 0 fully saturated rings. The van der Waals surface area contributed by atoms with Crippen LogP contribution in [0.4, 0.5) is 17.3 Å². The van der Waals surface area contributed by atoms with Gasteiger partial charge < -0.3 is 16.2 Å². The van der Waals surface area contributed by atoms with Crippen LogP contribution >= 0.6 is 0 Å². The minimum absolute atomic E-state index is 0.0661. The number of nitrogens with two attached hydrogens (primary N) is 1. The number of aromatic nitrogens is 2. The second-order valence-corrected chi connectivity index (χ2v) is 5.54. The van der Waals surface area contributed by atoms with Gasteiger partial charge in [-0.1, -0.05) is 6.07 Å². The molecule has 3 rings (SSSR count). The molecule has 2 aromatic carbocycles. The summed E-state index contributed by atoms with van der Waals surface area (Å²) in [4.78, 5) is 8.77. The fourth-order valence-corrected chi connectivity index (χ4v) is 2.47. The first-order valence-electron chi connectivity index (χ1n) is 7.28. The van der Waals surface area contributed by atoms with Crippen molar-refractivity contribution < 1.29 is 5.11 Å². The number of anilines is 3. The molecule has 23 heavy (non-hydrogen) atoms. The molecule has 0 aliphatic heterocycles. The quantitative estimate of drug-likeness (QED) is 0.506. The Balaban J connectivity index is 1.91. The van der Waals surface area contributed by atoms with Crippen LogP contribution in [0.1, 0.15) is 11.1 Å². The Bertz CT molecular complexity index is 841.